The summed E-state index contributed by atoms with van der Waals surface area (Å²) in [6.07, 6.45) is 2.68. The summed E-state index contributed by atoms with van der Waals surface area (Å²) in [5.41, 5.74) is 1.36. The Balaban J connectivity index is 1.37. The van der Waals surface area contributed by atoms with Crippen molar-refractivity contribution in [3.05, 3.63) is 69.3 Å². The summed E-state index contributed by atoms with van der Waals surface area (Å²) in [6, 6.07) is 9.17. The zero-order valence-corrected chi connectivity index (χ0v) is 18.6. The number of rotatable bonds is 5. The lowest BCUT2D eigenvalue weighted by atomic mass is 9.93. The number of ether oxygens (including phenoxy) is 1. The average Bonchev–Trinajstić information content (AvgIpc) is 3.37. The third kappa shape index (κ3) is 4.00. The van der Waals surface area contributed by atoms with Gasteiger partial charge in [0.15, 0.2) is 6.61 Å². The Labute approximate surface area is 197 Å². The fraction of sp³-hybridized carbons (Fsp3) is 0.217. The Morgan fingerprint density at radius 3 is 2.45 bits per heavy atom. The number of halogens is 3. The summed E-state index contributed by atoms with van der Waals surface area (Å²) in [5.74, 6) is -1.31. The minimum atomic E-state index is -0.796. The van der Waals surface area contributed by atoms with Gasteiger partial charge < -0.3 is 9.15 Å². The quantitative estimate of drug-likeness (QED) is 0.441. The van der Waals surface area contributed by atoms with Gasteiger partial charge in [0.2, 0.25) is 5.89 Å². The molecule has 0 N–H and O–H groups in total. The van der Waals surface area contributed by atoms with Crippen molar-refractivity contribution < 1.29 is 23.1 Å². The summed E-state index contributed by atoms with van der Waals surface area (Å²) in [4.78, 5) is 26.5. The molecular formula is C23H16Cl2FN3O4. The Bertz CT molecular complexity index is 1290. The highest BCUT2D eigenvalue weighted by Crippen LogP contribution is 2.39. The van der Waals surface area contributed by atoms with Gasteiger partial charge in [0.1, 0.15) is 11.6 Å². The van der Waals surface area contributed by atoms with E-state index < -0.39 is 17.6 Å². The minimum Gasteiger partial charge on any atom is -0.482 e. The van der Waals surface area contributed by atoms with E-state index in [0.717, 1.165) is 23.8 Å². The molecule has 10 heteroatoms. The standard InChI is InChI=1S/C23H16Cl2FN3O4/c24-13-5-3-4-12(8-13)21-28-27-20(33-21)11-32-19-10-18(17(26)9-16(19)25)29-22(30)14-6-1-2-7-15(14)23(29)31/h3-5,8-10H,1-2,6-7,11H2. The highest BCUT2D eigenvalue weighted by molar-refractivity contribution is 6.34. The monoisotopic (exact) mass is 487 g/mol. The number of amides is 2. The molecule has 5 rings (SSSR count). The van der Waals surface area contributed by atoms with Gasteiger partial charge in [0.05, 0.1) is 10.7 Å². The van der Waals surface area contributed by atoms with Crippen molar-refractivity contribution in [3.63, 3.8) is 0 Å². The summed E-state index contributed by atoms with van der Waals surface area (Å²) < 4.78 is 26.0. The maximum atomic E-state index is 14.7. The molecule has 0 saturated heterocycles. The molecule has 2 amide bonds. The Hall–Kier alpha value is -3.23. The lowest BCUT2D eigenvalue weighted by molar-refractivity contribution is -0.120. The normalized spacial score (nSPS) is 15.9. The molecule has 1 aliphatic heterocycles. The predicted octanol–water partition coefficient (Wildman–Crippen LogP) is 5.51. The van der Waals surface area contributed by atoms with Gasteiger partial charge in [-0.1, -0.05) is 29.3 Å². The molecule has 0 unspecified atom stereocenters. The lowest BCUT2D eigenvalue weighted by Crippen LogP contribution is -2.32. The smallest absolute Gasteiger partial charge is 0.261 e. The van der Waals surface area contributed by atoms with Gasteiger partial charge >= 0.3 is 0 Å². The van der Waals surface area contributed by atoms with Gasteiger partial charge in [0.25, 0.3) is 17.7 Å². The molecule has 0 fully saturated rings. The van der Waals surface area contributed by atoms with Gasteiger partial charge in [-0.25, -0.2) is 9.29 Å². The molecular weight excluding hydrogens is 472 g/mol. The molecule has 168 valence electrons. The van der Waals surface area contributed by atoms with E-state index in [0.29, 0.717) is 34.6 Å². The molecule has 0 spiro atoms. The first-order chi connectivity index (χ1) is 15.9. The van der Waals surface area contributed by atoms with Crippen LogP contribution in [0.2, 0.25) is 10.0 Å². The molecule has 0 radical (unpaired) electrons. The average molecular weight is 488 g/mol. The molecule has 0 saturated carbocycles. The molecule has 2 heterocycles. The third-order valence-electron chi connectivity index (χ3n) is 5.52. The number of carbonyl (C=O) groups is 2. The third-order valence-corrected chi connectivity index (χ3v) is 6.05. The van der Waals surface area contributed by atoms with Gasteiger partial charge in [-0.05, 0) is 49.9 Å². The van der Waals surface area contributed by atoms with E-state index >= 15 is 0 Å². The predicted molar refractivity (Wildman–Crippen MR) is 118 cm³/mol. The maximum Gasteiger partial charge on any atom is 0.261 e. The van der Waals surface area contributed by atoms with Crippen LogP contribution in [0.3, 0.4) is 0 Å². The van der Waals surface area contributed by atoms with Gasteiger partial charge in [0, 0.05) is 27.8 Å². The Morgan fingerprint density at radius 1 is 1.03 bits per heavy atom. The van der Waals surface area contributed by atoms with E-state index in [1.165, 1.54) is 6.07 Å². The van der Waals surface area contributed by atoms with E-state index in [1.54, 1.807) is 24.3 Å². The van der Waals surface area contributed by atoms with Crippen LogP contribution in [0, 0.1) is 5.82 Å². The topological polar surface area (TPSA) is 85.5 Å². The summed E-state index contributed by atoms with van der Waals surface area (Å²) in [6.45, 7) is -0.158. The molecule has 2 aromatic carbocycles. The highest BCUT2D eigenvalue weighted by Gasteiger charge is 2.41. The van der Waals surface area contributed by atoms with E-state index in [-0.39, 0.29) is 34.8 Å². The number of anilines is 1. The molecule has 1 aromatic heterocycles. The maximum absolute atomic E-state index is 14.7. The second kappa shape index (κ2) is 8.61. The van der Waals surface area contributed by atoms with Crippen molar-refractivity contribution in [2.75, 3.05) is 4.90 Å². The Morgan fingerprint density at radius 2 is 1.76 bits per heavy atom. The van der Waals surface area contributed by atoms with E-state index in [1.807, 2.05) is 0 Å². The second-order valence-electron chi connectivity index (χ2n) is 7.64. The molecule has 0 atom stereocenters. The fourth-order valence-corrected chi connectivity index (χ4v) is 4.34. The van der Waals surface area contributed by atoms with Gasteiger partial charge in [-0.15, -0.1) is 10.2 Å². The van der Waals surface area contributed by atoms with Crippen LogP contribution in [-0.4, -0.2) is 22.0 Å². The number of hydrogen-bond donors (Lipinski definition) is 0. The van der Waals surface area contributed by atoms with Crippen LogP contribution in [0.5, 0.6) is 5.75 Å². The number of hydrogen-bond acceptors (Lipinski definition) is 6. The second-order valence-corrected chi connectivity index (χ2v) is 8.49. The molecule has 2 aliphatic rings. The minimum absolute atomic E-state index is 0.0253. The number of benzene rings is 2. The van der Waals surface area contributed by atoms with Crippen LogP contribution in [0.15, 0.2) is 52.0 Å². The van der Waals surface area contributed by atoms with Crippen molar-refractivity contribution in [1.82, 2.24) is 10.2 Å². The number of carbonyl (C=O) groups excluding carboxylic acids is 2. The Kier molecular flexibility index (Phi) is 5.64. The number of nitrogens with zero attached hydrogens (tertiary/aromatic N) is 3. The fourth-order valence-electron chi connectivity index (χ4n) is 3.95. The zero-order valence-electron chi connectivity index (χ0n) is 17.1. The first-order valence-electron chi connectivity index (χ1n) is 10.2. The molecule has 7 nitrogen and oxygen atoms in total. The van der Waals surface area contributed by atoms with Crippen molar-refractivity contribution in [2.45, 2.75) is 32.3 Å². The zero-order chi connectivity index (χ0) is 23.1. The number of aromatic nitrogens is 2. The molecule has 0 bridgehead atoms. The number of imide groups is 1. The summed E-state index contributed by atoms with van der Waals surface area (Å²) in [5, 5.41) is 8.40. The van der Waals surface area contributed by atoms with Crippen molar-refractivity contribution in [3.8, 4) is 17.2 Å². The van der Waals surface area contributed by atoms with E-state index in [9.17, 15) is 14.0 Å². The van der Waals surface area contributed by atoms with Crippen LogP contribution in [0.25, 0.3) is 11.5 Å². The SMILES string of the molecule is O=C1C2=C(CCCC2)C(=O)N1c1cc(OCc2nnc(-c3cccc(Cl)c3)o2)c(Cl)cc1F. The highest BCUT2D eigenvalue weighted by atomic mass is 35.5. The summed E-state index contributed by atoms with van der Waals surface area (Å²) in [7, 11) is 0. The molecule has 1 aliphatic carbocycles. The van der Waals surface area contributed by atoms with Gasteiger partial charge in [-0.2, -0.15) is 0 Å². The first-order valence-corrected chi connectivity index (χ1v) is 11.0. The molecule has 33 heavy (non-hydrogen) atoms. The van der Waals surface area contributed by atoms with Gasteiger partial charge in [-0.3, -0.25) is 9.59 Å². The van der Waals surface area contributed by atoms with Crippen LogP contribution in [0.4, 0.5) is 10.1 Å². The largest absolute Gasteiger partial charge is 0.482 e. The van der Waals surface area contributed by atoms with Crippen LogP contribution < -0.4 is 9.64 Å². The van der Waals surface area contributed by atoms with E-state index in [2.05, 4.69) is 10.2 Å². The molecule has 3 aromatic rings. The van der Waals surface area contributed by atoms with Crippen LogP contribution in [0.1, 0.15) is 31.6 Å². The van der Waals surface area contributed by atoms with Crippen molar-refractivity contribution in [1.29, 1.82) is 0 Å². The van der Waals surface area contributed by atoms with E-state index in [4.69, 9.17) is 32.4 Å². The lowest BCUT2D eigenvalue weighted by Gasteiger charge is -2.18. The summed E-state index contributed by atoms with van der Waals surface area (Å²) >= 11 is 12.1. The van der Waals surface area contributed by atoms with Crippen molar-refractivity contribution >= 4 is 40.7 Å². The first kappa shape index (κ1) is 21.6. The van der Waals surface area contributed by atoms with Crippen molar-refractivity contribution in [2.24, 2.45) is 0 Å². The van der Waals surface area contributed by atoms with Crippen LogP contribution in [-0.2, 0) is 16.2 Å². The van der Waals surface area contributed by atoms with Crippen LogP contribution >= 0.6 is 23.2 Å².